The normalized spacial score (nSPS) is 18.0. The van der Waals surface area contributed by atoms with E-state index >= 15 is 0 Å². The van der Waals surface area contributed by atoms with E-state index in [0.29, 0.717) is 23.3 Å². The molecule has 0 unspecified atom stereocenters. The summed E-state index contributed by atoms with van der Waals surface area (Å²) < 4.78 is 16.4. The first-order valence-electron chi connectivity index (χ1n) is 8.69. The number of likely N-dealkylation sites (tertiary alicyclic amines) is 1. The molecule has 0 amide bonds. The van der Waals surface area contributed by atoms with Gasteiger partial charge in [0.1, 0.15) is 0 Å². The summed E-state index contributed by atoms with van der Waals surface area (Å²) in [4.78, 5) is 6.81. The molecule has 0 saturated carbocycles. The van der Waals surface area contributed by atoms with Gasteiger partial charge in [0.25, 0.3) is 0 Å². The van der Waals surface area contributed by atoms with Gasteiger partial charge in [0.15, 0.2) is 11.5 Å². The summed E-state index contributed by atoms with van der Waals surface area (Å²) in [5, 5.41) is 0. The fourth-order valence-electron chi connectivity index (χ4n) is 3.59. The van der Waals surface area contributed by atoms with Gasteiger partial charge in [0.2, 0.25) is 5.75 Å². The van der Waals surface area contributed by atoms with Crippen molar-refractivity contribution in [3.63, 3.8) is 0 Å². The predicted molar refractivity (Wildman–Crippen MR) is 97.3 cm³/mol. The lowest BCUT2D eigenvalue weighted by Gasteiger charge is -2.36. The molecule has 0 N–H and O–H groups in total. The molecule has 1 aromatic heterocycles. The molecule has 1 fully saturated rings. The number of ether oxygens (including phenoxy) is 3. The van der Waals surface area contributed by atoms with Crippen molar-refractivity contribution in [1.29, 1.82) is 0 Å². The first-order valence-corrected chi connectivity index (χ1v) is 8.69. The highest BCUT2D eigenvalue weighted by Gasteiger charge is 2.25. The van der Waals surface area contributed by atoms with Crippen LogP contribution in [0.3, 0.4) is 0 Å². The molecule has 2 aromatic rings. The number of pyridine rings is 1. The highest BCUT2D eigenvalue weighted by atomic mass is 16.5. The van der Waals surface area contributed by atoms with Gasteiger partial charge >= 0.3 is 0 Å². The number of hydrogen-bond donors (Lipinski definition) is 0. The van der Waals surface area contributed by atoms with Crippen molar-refractivity contribution in [3.8, 4) is 17.2 Å². The molecule has 0 radical (unpaired) electrons. The first-order chi connectivity index (χ1) is 12.3. The van der Waals surface area contributed by atoms with Gasteiger partial charge in [0, 0.05) is 25.0 Å². The number of rotatable bonds is 6. The zero-order valence-corrected chi connectivity index (χ0v) is 15.2. The van der Waals surface area contributed by atoms with Crippen LogP contribution >= 0.6 is 0 Å². The average Bonchev–Trinajstić information content (AvgIpc) is 2.68. The summed E-state index contributed by atoms with van der Waals surface area (Å²) in [6, 6.07) is 8.67. The molecule has 0 aliphatic carbocycles. The Bertz CT molecular complexity index is 666. The Hall–Kier alpha value is -2.27. The van der Waals surface area contributed by atoms with Gasteiger partial charge in [-0.05, 0) is 48.7 Å². The summed E-state index contributed by atoms with van der Waals surface area (Å²) >= 11 is 0. The molecule has 1 atom stereocenters. The van der Waals surface area contributed by atoms with Crippen LogP contribution in [-0.4, -0.2) is 37.8 Å². The van der Waals surface area contributed by atoms with Crippen LogP contribution < -0.4 is 14.2 Å². The smallest absolute Gasteiger partial charge is 0.203 e. The second kappa shape index (κ2) is 8.21. The van der Waals surface area contributed by atoms with Gasteiger partial charge in [-0.25, -0.2) is 0 Å². The Morgan fingerprint density at radius 2 is 1.84 bits per heavy atom. The Morgan fingerprint density at radius 3 is 2.44 bits per heavy atom. The second-order valence-electron chi connectivity index (χ2n) is 6.30. The SMILES string of the molecule is COc1cc(CN2CCCC[C@H]2c2cccnc2)cc(OC)c1OC. The molecule has 0 spiro atoms. The average molecular weight is 342 g/mol. The maximum Gasteiger partial charge on any atom is 0.203 e. The molecular formula is C20H26N2O3. The van der Waals surface area contributed by atoms with E-state index in [4.69, 9.17) is 14.2 Å². The largest absolute Gasteiger partial charge is 0.493 e. The van der Waals surface area contributed by atoms with Crippen LogP contribution in [0.1, 0.15) is 36.4 Å². The maximum absolute atomic E-state index is 5.49. The molecule has 134 valence electrons. The highest BCUT2D eigenvalue weighted by molar-refractivity contribution is 5.53. The summed E-state index contributed by atoms with van der Waals surface area (Å²) in [5.74, 6) is 2.04. The Morgan fingerprint density at radius 1 is 1.08 bits per heavy atom. The van der Waals surface area contributed by atoms with E-state index in [1.54, 1.807) is 21.3 Å². The molecule has 5 heteroatoms. The molecular weight excluding hydrogens is 316 g/mol. The molecule has 2 heterocycles. The van der Waals surface area contributed by atoms with Crippen molar-refractivity contribution in [2.24, 2.45) is 0 Å². The van der Waals surface area contributed by atoms with Crippen molar-refractivity contribution in [2.75, 3.05) is 27.9 Å². The van der Waals surface area contributed by atoms with Crippen LogP contribution in [0.25, 0.3) is 0 Å². The minimum atomic E-state index is 0.404. The van der Waals surface area contributed by atoms with E-state index < -0.39 is 0 Å². The number of methoxy groups -OCH3 is 3. The van der Waals surface area contributed by atoms with Crippen LogP contribution in [0.4, 0.5) is 0 Å². The molecule has 1 aliphatic rings. The van der Waals surface area contributed by atoms with Crippen LogP contribution in [0.2, 0.25) is 0 Å². The molecule has 1 saturated heterocycles. The van der Waals surface area contributed by atoms with E-state index in [1.807, 2.05) is 30.6 Å². The molecule has 1 aromatic carbocycles. The number of piperidine rings is 1. The minimum Gasteiger partial charge on any atom is -0.493 e. The fourth-order valence-corrected chi connectivity index (χ4v) is 3.59. The number of hydrogen-bond acceptors (Lipinski definition) is 5. The minimum absolute atomic E-state index is 0.404. The quantitative estimate of drug-likeness (QED) is 0.798. The van der Waals surface area contributed by atoms with E-state index in [2.05, 4.69) is 16.0 Å². The second-order valence-corrected chi connectivity index (χ2v) is 6.30. The Balaban J connectivity index is 1.87. The van der Waals surface area contributed by atoms with Crippen molar-refractivity contribution < 1.29 is 14.2 Å². The number of benzene rings is 1. The third-order valence-electron chi connectivity index (χ3n) is 4.79. The predicted octanol–water partition coefficient (Wildman–Crippen LogP) is 3.83. The standard InChI is InChI=1S/C20H26N2O3/c1-23-18-11-15(12-19(24-2)20(18)25-3)14-22-10-5-4-8-17(22)16-7-6-9-21-13-16/h6-7,9,11-13,17H,4-5,8,10,14H2,1-3H3/t17-/m0/s1. The maximum atomic E-state index is 5.49. The van der Waals surface area contributed by atoms with Gasteiger partial charge in [-0.3, -0.25) is 9.88 Å². The number of nitrogens with zero attached hydrogens (tertiary/aromatic N) is 2. The van der Waals surface area contributed by atoms with Gasteiger partial charge < -0.3 is 14.2 Å². The lowest BCUT2D eigenvalue weighted by molar-refractivity contribution is 0.140. The van der Waals surface area contributed by atoms with E-state index in [-0.39, 0.29) is 0 Å². The van der Waals surface area contributed by atoms with Crippen molar-refractivity contribution in [2.45, 2.75) is 31.8 Å². The lowest BCUT2D eigenvalue weighted by Crippen LogP contribution is -2.33. The molecule has 0 bridgehead atoms. The molecule has 1 aliphatic heterocycles. The molecule has 5 nitrogen and oxygen atoms in total. The first kappa shape index (κ1) is 17.5. The summed E-state index contributed by atoms with van der Waals surface area (Å²) in [6.45, 7) is 1.92. The Labute approximate surface area is 149 Å². The van der Waals surface area contributed by atoms with E-state index in [0.717, 1.165) is 25.1 Å². The lowest BCUT2D eigenvalue weighted by atomic mass is 9.95. The third-order valence-corrected chi connectivity index (χ3v) is 4.79. The highest BCUT2D eigenvalue weighted by Crippen LogP contribution is 2.39. The van der Waals surface area contributed by atoms with Gasteiger partial charge in [0.05, 0.1) is 21.3 Å². The number of aromatic nitrogens is 1. The third kappa shape index (κ3) is 3.87. The van der Waals surface area contributed by atoms with Crippen molar-refractivity contribution in [1.82, 2.24) is 9.88 Å². The summed E-state index contributed by atoms with van der Waals surface area (Å²) in [7, 11) is 4.93. The van der Waals surface area contributed by atoms with Crippen LogP contribution in [0, 0.1) is 0 Å². The summed E-state index contributed by atoms with van der Waals surface area (Å²) in [6.07, 6.45) is 7.46. The van der Waals surface area contributed by atoms with Gasteiger partial charge in [-0.15, -0.1) is 0 Å². The van der Waals surface area contributed by atoms with Gasteiger partial charge in [-0.2, -0.15) is 0 Å². The Kier molecular flexibility index (Phi) is 5.76. The monoisotopic (exact) mass is 342 g/mol. The van der Waals surface area contributed by atoms with Crippen molar-refractivity contribution >= 4 is 0 Å². The topological polar surface area (TPSA) is 43.8 Å². The zero-order valence-electron chi connectivity index (χ0n) is 15.2. The fraction of sp³-hybridized carbons (Fsp3) is 0.450. The summed E-state index contributed by atoms with van der Waals surface area (Å²) in [5.41, 5.74) is 2.44. The molecule has 25 heavy (non-hydrogen) atoms. The van der Waals surface area contributed by atoms with Gasteiger partial charge in [-0.1, -0.05) is 12.5 Å². The van der Waals surface area contributed by atoms with E-state index in [9.17, 15) is 0 Å². The van der Waals surface area contributed by atoms with Crippen molar-refractivity contribution in [3.05, 3.63) is 47.8 Å². The molecule has 3 rings (SSSR count). The zero-order chi connectivity index (χ0) is 17.6. The van der Waals surface area contributed by atoms with Crippen LogP contribution in [0.15, 0.2) is 36.7 Å². The van der Waals surface area contributed by atoms with Crippen LogP contribution in [0.5, 0.6) is 17.2 Å². The van der Waals surface area contributed by atoms with E-state index in [1.165, 1.54) is 18.4 Å². The van der Waals surface area contributed by atoms with Crippen LogP contribution in [-0.2, 0) is 6.54 Å².